The number of carbonyl (C=O) groups is 2. The number of anilines is 1. The second kappa shape index (κ2) is 9.63. The molecule has 0 saturated heterocycles. The van der Waals surface area contributed by atoms with Crippen molar-refractivity contribution in [3.05, 3.63) is 76.9 Å². The minimum absolute atomic E-state index is 0.0829. The van der Waals surface area contributed by atoms with Crippen LogP contribution in [0, 0.1) is 19.7 Å². The topological polar surface area (TPSA) is 134 Å². The summed E-state index contributed by atoms with van der Waals surface area (Å²) < 4.78 is 46.4. The highest BCUT2D eigenvalue weighted by Gasteiger charge is 2.33. The smallest absolute Gasteiger partial charge is 0.272 e. The Morgan fingerprint density at radius 2 is 1.81 bits per heavy atom. The van der Waals surface area contributed by atoms with E-state index in [1.165, 1.54) is 49.9 Å². The van der Waals surface area contributed by atoms with Crippen LogP contribution in [0.1, 0.15) is 29.5 Å². The number of benzodiazepines with no additional fused rings is 1. The molecular weight excluding hydrogens is 489 g/mol. The van der Waals surface area contributed by atoms with Crippen molar-refractivity contribution in [3.8, 4) is 0 Å². The molecule has 0 bridgehead atoms. The highest BCUT2D eigenvalue weighted by molar-refractivity contribution is 7.89. The van der Waals surface area contributed by atoms with E-state index in [2.05, 4.69) is 20.2 Å². The maximum Gasteiger partial charge on any atom is 0.272 e. The summed E-state index contributed by atoms with van der Waals surface area (Å²) in [6.45, 7) is 4.26. The lowest BCUT2D eigenvalue weighted by Crippen LogP contribution is -2.52. The van der Waals surface area contributed by atoms with E-state index in [1.54, 1.807) is 31.3 Å². The predicted octanol–water partition coefficient (Wildman–Crippen LogP) is 2.05. The molecule has 2 amide bonds. The molecule has 4 rings (SSSR count). The van der Waals surface area contributed by atoms with E-state index in [0.717, 1.165) is 0 Å². The van der Waals surface area contributed by atoms with Gasteiger partial charge in [-0.1, -0.05) is 23.4 Å². The number of likely N-dealkylation sites (N-methyl/N-ethyl adjacent to an activating group) is 1. The van der Waals surface area contributed by atoms with Gasteiger partial charge in [0.05, 0.1) is 17.4 Å². The molecule has 1 aliphatic heterocycles. The number of para-hydroxylation sites is 1. The molecule has 0 radical (unpaired) electrons. The summed E-state index contributed by atoms with van der Waals surface area (Å²) in [4.78, 5) is 32.0. The zero-order chi connectivity index (χ0) is 26.2. The van der Waals surface area contributed by atoms with Crippen molar-refractivity contribution in [2.45, 2.75) is 37.9 Å². The van der Waals surface area contributed by atoms with Gasteiger partial charge in [0.2, 0.25) is 22.1 Å². The van der Waals surface area contributed by atoms with Crippen molar-refractivity contribution in [2.24, 2.45) is 4.99 Å². The van der Waals surface area contributed by atoms with E-state index in [9.17, 15) is 22.4 Å². The summed E-state index contributed by atoms with van der Waals surface area (Å²) in [6.07, 6.45) is -1.36. The van der Waals surface area contributed by atoms with Gasteiger partial charge in [-0.05, 0) is 51.1 Å². The van der Waals surface area contributed by atoms with Crippen LogP contribution in [-0.2, 0) is 19.6 Å². The standard InChI is InChI=1S/C24H24FN5O5S/c1-13-21(15(3)35-28-13)36(33,34)29-14(2)23(31)27-22-24(32)30(4)19-8-6-5-7-18(19)20(26-22)16-9-11-17(25)12-10-16/h5-12,14,22,29H,1-4H3,(H,27,31). The Balaban J connectivity index is 1.65. The molecule has 36 heavy (non-hydrogen) atoms. The maximum absolute atomic E-state index is 13.6. The van der Waals surface area contributed by atoms with Gasteiger partial charge in [-0.15, -0.1) is 0 Å². The summed E-state index contributed by atoms with van der Waals surface area (Å²) in [7, 11) is -2.58. The number of sulfonamides is 1. The molecule has 2 atom stereocenters. The molecule has 3 aromatic rings. The van der Waals surface area contributed by atoms with E-state index in [-0.39, 0.29) is 16.3 Å². The van der Waals surface area contributed by atoms with Crippen LogP contribution in [0.3, 0.4) is 0 Å². The number of rotatable bonds is 6. The van der Waals surface area contributed by atoms with Crippen LogP contribution >= 0.6 is 0 Å². The average molecular weight is 514 g/mol. The number of aryl methyl sites for hydroxylation is 2. The Bertz CT molecular complexity index is 1450. The fraction of sp³-hybridized carbons (Fsp3) is 0.250. The van der Waals surface area contributed by atoms with Crippen molar-refractivity contribution in [1.82, 2.24) is 15.2 Å². The quantitative estimate of drug-likeness (QED) is 0.518. The van der Waals surface area contributed by atoms with Crippen molar-refractivity contribution in [3.63, 3.8) is 0 Å². The van der Waals surface area contributed by atoms with Gasteiger partial charge in [-0.25, -0.2) is 17.8 Å². The number of halogens is 1. The number of hydrogen-bond acceptors (Lipinski definition) is 7. The zero-order valence-corrected chi connectivity index (χ0v) is 20.8. The summed E-state index contributed by atoms with van der Waals surface area (Å²) in [5, 5.41) is 6.16. The van der Waals surface area contributed by atoms with E-state index in [4.69, 9.17) is 4.52 Å². The fourth-order valence-electron chi connectivity index (χ4n) is 3.92. The molecular formula is C24H24FN5O5S. The van der Waals surface area contributed by atoms with Gasteiger partial charge < -0.3 is 14.7 Å². The summed E-state index contributed by atoms with van der Waals surface area (Å²) in [5.41, 5.74) is 2.23. The van der Waals surface area contributed by atoms with Gasteiger partial charge in [0.1, 0.15) is 16.4 Å². The number of hydrogen-bond donors (Lipinski definition) is 2. The predicted molar refractivity (Wildman–Crippen MR) is 130 cm³/mol. The lowest BCUT2D eigenvalue weighted by Gasteiger charge is -2.22. The second-order valence-corrected chi connectivity index (χ2v) is 9.96. The molecule has 2 N–H and O–H groups in total. The van der Waals surface area contributed by atoms with Crippen LogP contribution in [0.15, 0.2) is 62.9 Å². The monoisotopic (exact) mass is 513 g/mol. The fourth-order valence-corrected chi connectivity index (χ4v) is 5.45. The van der Waals surface area contributed by atoms with Crippen molar-refractivity contribution in [1.29, 1.82) is 0 Å². The number of benzene rings is 2. The number of nitrogens with one attached hydrogen (secondary N) is 2. The Morgan fingerprint density at radius 1 is 1.14 bits per heavy atom. The van der Waals surface area contributed by atoms with Crippen LogP contribution in [0.25, 0.3) is 0 Å². The zero-order valence-electron chi connectivity index (χ0n) is 19.9. The highest BCUT2D eigenvalue weighted by Crippen LogP contribution is 2.27. The number of fused-ring (bicyclic) bond motifs is 1. The van der Waals surface area contributed by atoms with Crippen LogP contribution < -0.4 is 14.9 Å². The minimum Gasteiger partial charge on any atom is -0.360 e. The first-order valence-electron chi connectivity index (χ1n) is 11.0. The number of aliphatic imine (C=N–C) groups is 1. The molecule has 0 saturated carbocycles. The van der Waals surface area contributed by atoms with Crippen molar-refractivity contribution >= 4 is 33.2 Å². The molecule has 12 heteroatoms. The van der Waals surface area contributed by atoms with Gasteiger partial charge in [-0.3, -0.25) is 9.59 Å². The third kappa shape index (κ3) is 4.77. The van der Waals surface area contributed by atoms with Crippen molar-refractivity contribution < 1.29 is 26.9 Å². The molecule has 0 aliphatic carbocycles. The maximum atomic E-state index is 13.6. The van der Waals surface area contributed by atoms with Gasteiger partial charge in [-0.2, -0.15) is 4.72 Å². The van der Waals surface area contributed by atoms with Gasteiger partial charge >= 0.3 is 0 Å². The summed E-state index contributed by atoms with van der Waals surface area (Å²) >= 11 is 0. The number of nitrogens with zero attached hydrogens (tertiary/aromatic N) is 3. The van der Waals surface area contributed by atoms with Gasteiger partial charge in [0.25, 0.3) is 5.91 Å². The lowest BCUT2D eigenvalue weighted by molar-refractivity contribution is -0.128. The first-order valence-corrected chi connectivity index (χ1v) is 12.4. The number of carbonyl (C=O) groups excluding carboxylic acids is 2. The number of aromatic nitrogens is 1. The molecule has 0 spiro atoms. The molecule has 2 unspecified atom stereocenters. The lowest BCUT2D eigenvalue weighted by atomic mass is 10.0. The third-order valence-corrected chi connectivity index (χ3v) is 7.49. The minimum atomic E-state index is -4.13. The van der Waals surface area contributed by atoms with Crippen LogP contribution in [-0.4, -0.2) is 50.4 Å². The van der Waals surface area contributed by atoms with Crippen molar-refractivity contribution in [2.75, 3.05) is 11.9 Å². The molecule has 0 fully saturated rings. The van der Waals surface area contributed by atoms with Gasteiger partial charge in [0.15, 0.2) is 5.76 Å². The van der Waals surface area contributed by atoms with E-state index in [1.807, 2.05) is 0 Å². The Kier molecular flexibility index (Phi) is 6.74. The van der Waals surface area contributed by atoms with Crippen LogP contribution in [0.5, 0.6) is 0 Å². The Hall–Kier alpha value is -3.90. The normalized spacial score (nSPS) is 16.7. The SMILES string of the molecule is Cc1noc(C)c1S(=O)(=O)NC(C)C(=O)NC1N=C(c2ccc(F)cc2)c2ccccc2N(C)C1=O. The summed E-state index contributed by atoms with van der Waals surface area (Å²) in [5.74, 6) is -1.66. The van der Waals surface area contributed by atoms with E-state index >= 15 is 0 Å². The average Bonchev–Trinajstić information content (AvgIpc) is 3.15. The van der Waals surface area contributed by atoms with Crippen LogP contribution in [0.4, 0.5) is 10.1 Å². The molecule has 188 valence electrons. The number of amides is 2. The molecule has 1 aromatic heterocycles. The van der Waals surface area contributed by atoms with E-state index < -0.39 is 39.9 Å². The van der Waals surface area contributed by atoms with Gasteiger partial charge in [0, 0.05) is 18.2 Å². The first-order chi connectivity index (χ1) is 17.0. The first kappa shape index (κ1) is 25.2. The molecule has 1 aliphatic rings. The molecule has 10 nitrogen and oxygen atoms in total. The van der Waals surface area contributed by atoms with Crippen LogP contribution in [0.2, 0.25) is 0 Å². The molecule has 2 heterocycles. The second-order valence-electron chi connectivity index (χ2n) is 8.31. The third-order valence-electron chi connectivity index (χ3n) is 5.70. The Labute approximate surface area is 207 Å². The largest absolute Gasteiger partial charge is 0.360 e. The molecule has 2 aromatic carbocycles. The van der Waals surface area contributed by atoms with E-state index in [0.29, 0.717) is 22.5 Å². The highest BCUT2D eigenvalue weighted by atomic mass is 32.2. The Morgan fingerprint density at radius 3 is 2.44 bits per heavy atom. The summed E-state index contributed by atoms with van der Waals surface area (Å²) in [6, 6.07) is 11.4.